The van der Waals surface area contributed by atoms with Crippen molar-refractivity contribution < 1.29 is 5.11 Å². The molecule has 1 aromatic rings. The minimum atomic E-state index is 0.147. The topological polar surface area (TPSA) is 32.3 Å². The molecule has 2 N–H and O–H groups in total. The van der Waals surface area contributed by atoms with E-state index in [-0.39, 0.29) is 5.76 Å². The monoisotopic (exact) mass is 149 g/mol. The molecule has 0 spiro atoms. The van der Waals surface area contributed by atoms with Crippen molar-refractivity contribution in [2.24, 2.45) is 0 Å². The largest absolute Gasteiger partial charge is 0.511 e. The zero-order valence-electron chi connectivity index (χ0n) is 6.25. The van der Waals surface area contributed by atoms with E-state index < -0.39 is 0 Å². The number of para-hydroxylation sites is 1. The Bertz CT molecular complexity index is 231. The van der Waals surface area contributed by atoms with Gasteiger partial charge in [0.25, 0.3) is 0 Å². The van der Waals surface area contributed by atoms with Crippen LogP contribution in [0.3, 0.4) is 0 Å². The van der Waals surface area contributed by atoms with Crippen LogP contribution >= 0.6 is 0 Å². The van der Waals surface area contributed by atoms with E-state index in [1.807, 2.05) is 30.3 Å². The first-order valence-corrected chi connectivity index (χ1v) is 3.44. The summed E-state index contributed by atoms with van der Waals surface area (Å²) in [6.45, 7) is 3.77. The lowest BCUT2D eigenvalue weighted by Gasteiger charge is -2.03. The highest BCUT2D eigenvalue weighted by atomic mass is 16.3. The van der Waals surface area contributed by atoms with Crippen LogP contribution < -0.4 is 5.32 Å². The Morgan fingerprint density at radius 2 is 2.00 bits per heavy atom. The van der Waals surface area contributed by atoms with Gasteiger partial charge in [-0.2, -0.15) is 0 Å². The van der Waals surface area contributed by atoms with Crippen LogP contribution in [0.15, 0.2) is 42.7 Å². The van der Waals surface area contributed by atoms with E-state index >= 15 is 0 Å². The second-order valence-electron chi connectivity index (χ2n) is 2.29. The Labute approximate surface area is 66.2 Å². The average Bonchev–Trinajstić information content (AvgIpc) is 2.03. The van der Waals surface area contributed by atoms with Crippen molar-refractivity contribution in [3.8, 4) is 0 Å². The number of nitrogens with one attached hydrogen (secondary N) is 1. The minimum absolute atomic E-state index is 0.147. The lowest BCUT2D eigenvalue weighted by molar-refractivity contribution is 0.410. The molecule has 0 aliphatic carbocycles. The van der Waals surface area contributed by atoms with Crippen molar-refractivity contribution in [2.45, 2.75) is 0 Å². The van der Waals surface area contributed by atoms with Crippen LogP contribution in [0.25, 0.3) is 0 Å². The molecule has 11 heavy (non-hydrogen) atoms. The van der Waals surface area contributed by atoms with E-state index in [0.29, 0.717) is 6.54 Å². The van der Waals surface area contributed by atoms with Crippen LogP contribution in [-0.4, -0.2) is 11.7 Å². The van der Waals surface area contributed by atoms with Gasteiger partial charge in [0.05, 0.1) is 6.54 Å². The van der Waals surface area contributed by atoms with Crippen LogP contribution in [0.4, 0.5) is 5.69 Å². The molecule has 1 aromatic carbocycles. The van der Waals surface area contributed by atoms with Crippen LogP contribution in [0.2, 0.25) is 0 Å². The summed E-state index contributed by atoms with van der Waals surface area (Å²) < 4.78 is 0. The molecule has 0 fully saturated rings. The lowest BCUT2D eigenvalue weighted by Crippen LogP contribution is -2.02. The van der Waals surface area contributed by atoms with E-state index in [9.17, 15) is 0 Å². The first-order chi connectivity index (χ1) is 5.29. The molecule has 0 radical (unpaired) electrons. The molecule has 2 nitrogen and oxygen atoms in total. The van der Waals surface area contributed by atoms with E-state index in [4.69, 9.17) is 5.11 Å². The Hall–Kier alpha value is -1.44. The molecular formula is C9H11NO. The summed E-state index contributed by atoms with van der Waals surface area (Å²) >= 11 is 0. The quantitative estimate of drug-likeness (QED) is 0.645. The molecule has 0 aliphatic heterocycles. The number of benzene rings is 1. The Morgan fingerprint density at radius 3 is 2.55 bits per heavy atom. The molecule has 0 bridgehead atoms. The SMILES string of the molecule is C=C(O)CNc1ccccc1. The maximum Gasteiger partial charge on any atom is 0.104 e. The van der Waals surface area contributed by atoms with Gasteiger partial charge in [0.1, 0.15) is 5.76 Å². The maximum absolute atomic E-state index is 8.76. The van der Waals surface area contributed by atoms with Crippen molar-refractivity contribution in [1.29, 1.82) is 0 Å². The summed E-state index contributed by atoms with van der Waals surface area (Å²) in [6.07, 6.45) is 0. The van der Waals surface area contributed by atoms with Gasteiger partial charge in [0, 0.05) is 5.69 Å². The minimum Gasteiger partial charge on any atom is -0.511 e. The molecule has 0 amide bonds. The third kappa shape index (κ3) is 2.76. The van der Waals surface area contributed by atoms with Gasteiger partial charge in [-0.3, -0.25) is 0 Å². The van der Waals surface area contributed by atoms with Crippen molar-refractivity contribution >= 4 is 5.69 Å². The Morgan fingerprint density at radius 1 is 1.36 bits per heavy atom. The number of aliphatic hydroxyl groups excluding tert-OH is 1. The fraction of sp³-hybridized carbons (Fsp3) is 0.111. The standard InChI is InChI=1S/C9H11NO/c1-8(11)7-10-9-5-3-2-4-6-9/h2-6,10-11H,1,7H2. The fourth-order valence-electron chi connectivity index (χ4n) is 0.760. The second-order valence-corrected chi connectivity index (χ2v) is 2.29. The first kappa shape index (κ1) is 7.66. The Balaban J connectivity index is 2.45. The number of aliphatic hydroxyl groups is 1. The smallest absolute Gasteiger partial charge is 0.104 e. The predicted molar refractivity (Wildman–Crippen MR) is 46.7 cm³/mol. The number of hydrogen-bond donors (Lipinski definition) is 2. The predicted octanol–water partition coefficient (Wildman–Crippen LogP) is 2.17. The Kier molecular flexibility index (Phi) is 2.55. The van der Waals surface area contributed by atoms with Gasteiger partial charge < -0.3 is 10.4 Å². The van der Waals surface area contributed by atoms with Crippen LogP contribution in [-0.2, 0) is 0 Å². The molecule has 0 aromatic heterocycles. The molecule has 0 saturated heterocycles. The van der Waals surface area contributed by atoms with Gasteiger partial charge >= 0.3 is 0 Å². The van der Waals surface area contributed by atoms with Gasteiger partial charge in [-0.15, -0.1) is 0 Å². The van der Waals surface area contributed by atoms with Crippen LogP contribution in [0.1, 0.15) is 0 Å². The molecule has 58 valence electrons. The molecule has 0 saturated carbocycles. The van der Waals surface area contributed by atoms with Crippen molar-refractivity contribution in [3.05, 3.63) is 42.7 Å². The summed E-state index contributed by atoms with van der Waals surface area (Å²) in [7, 11) is 0. The summed E-state index contributed by atoms with van der Waals surface area (Å²) in [5.41, 5.74) is 0.989. The van der Waals surface area contributed by atoms with E-state index in [1.165, 1.54) is 0 Å². The van der Waals surface area contributed by atoms with Crippen LogP contribution in [0.5, 0.6) is 0 Å². The maximum atomic E-state index is 8.76. The van der Waals surface area contributed by atoms with Gasteiger partial charge in [0.15, 0.2) is 0 Å². The fourth-order valence-corrected chi connectivity index (χ4v) is 0.760. The zero-order valence-corrected chi connectivity index (χ0v) is 6.25. The number of anilines is 1. The summed E-state index contributed by atoms with van der Waals surface area (Å²) in [4.78, 5) is 0. The van der Waals surface area contributed by atoms with E-state index in [0.717, 1.165) is 5.69 Å². The molecule has 0 aliphatic rings. The number of hydrogen-bond acceptors (Lipinski definition) is 2. The molecule has 0 unspecified atom stereocenters. The van der Waals surface area contributed by atoms with Crippen molar-refractivity contribution in [1.82, 2.24) is 0 Å². The van der Waals surface area contributed by atoms with Gasteiger partial charge in [-0.05, 0) is 12.1 Å². The third-order valence-electron chi connectivity index (χ3n) is 1.27. The van der Waals surface area contributed by atoms with Gasteiger partial charge in [0.2, 0.25) is 0 Å². The van der Waals surface area contributed by atoms with Crippen molar-refractivity contribution in [3.63, 3.8) is 0 Å². The summed E-state index contributed by atoms with van der Waals surface area (Å²) in [5, 5.41) is 11.8. The first-order valence-electron chi connectivity index (χ1n) is 3.44. The highest BCUT2D eigenvalue weighted by Crippen LogP contribution is 2.04. The van der Waals surface area contributed by atoms with Gasteiger partial charge in [-0.25, -0.2) is 0 Å². The summed E-state index contributed by atoms with van der Waals surface area (Å²) in [5.74, 6) is 0.147. The molecule has 0 heterocycles. The van der Waals surface area contributed by atoms with Gasteiger partial charge in [-0.1, -0.05) is 24.8 Å². The van der Waals surface area contributed by atoms with E-state index in [2.05, 4.69) is 11.9 Å². The molecule has 0 atom stereocenters. The molecular weight excluding hydrogens is 138 g/mol. The third-order valence-corrected chi connectivity index (χ3v) is 1.27. The molecule has 2 heteroatoms. The van der Waals surface area contributed by atoms with Crippen molar-refractivity contribution in [2.75, 3.05) is 11.9 Å². The second kappa shape index (κ2) is 3.66. The van der Waals surface area contributed by atoms with Crippen LogP contribution in [0, 0.1) is 0 Å². The highest BCUT2D eigenvalue weighted by Gasteiger charge is 1.88. The zero-order chi connectivity index (χ0) is 8.10. The highest BCUT2D eigenvalue weighted by molar-refractivity contribution is 5.43. The molecule has 1 rings (SSSR count). The van der Waals surface area contributed by atoms with E-state index in [1.54, 1.807) is 0 Å². The normalized spacial score (nSPS) is 9.09. The number of rotatable bonds is 3. The lowest BCUT2D eigenvalue weighted by atomic mass is 10.3. The average molecular weight is 149 g/mol. The summed E-state index contributed by atoms with van der Waals surface area (Å²) in [6, 6.07) is 9.68.